The van der Waals surface area contributed by atoms with Crippen LogP contribution in [0.5, 0.6) is 0 Å². The van der Waals surface area contributed by atoms with Crippen molar-refractivity contribution in [2.24, 2.45) is 0 Å². The molecule has 0 atom stereocenters. The summed E-state index contributed by atoms with van der Waals surface area (Å²) in [6.07, 6.45) is 3.61. The maximum Gasteiger partial charge on any atom is 0.234 e. The third-order valence-corrected chi connectivity index (χ3v) is 3.15. The van der Waals surface area contributed by atoms with E-state index < -0.39 is 0 Å². The fourth-order valence-electron chi connectivity index (χ4n) is 1.98. The van der Waals surface area contributed by atoms with Gasteiger partial charge in [-0.2, -0.15) is 0 Å². The van der Waals surface area contributed by atoms with Gasteiger partial charge in [0.1, 0.15) is 5.82 Å². The molecule has 0 aliphatic rings. The van der Waals surface area contributed by atoms with Crippen LogP contribution in [-0.2, 0) is 0 Å². The number of hydrogen-bond donors (Lipinski definition) is 0. The van der Waals surface area contributed by atoms with Crippen molar-refractivity contribution in [3.63, 3.8) is 0 Å². The first-order valence-corrected chi connectivity index (χ1v) is 6.20. The van der Waals surface area contributed by atoms with Crippen LogP contribution in [-0.4, -0.2) is 14.4 Å². The number of fused-ring (bicyclic) bond motifs is 1. The van der Waals surface area contributed by atoms with Crippen molar-refractivity contribution in [1.29, 1.82) is 0 Å². The van der Waals surface area contributed by atoms with Crippen LogP contribution in [0.4, 0.5) is 4.39 Å². The van der Waals surface area contributed by atoms with Gasteiger partial charge < -0.3 is 0 Å². The van der Waals surface area contributed by atoms with Crippen LogP contribution in [0.2, 0.25) is 0 Å². The van der Waals surface area contributed by atoms with Crippen molar-refractivity contribution in [2.45, 2.75) is 6.92 Å². The number of imidazole rings is 1. The van der Waals surface area contributed by atoms with Gasteiger partial charge in [-0.1, -0.05) is 0 Å². The van der Waals surface area contributed by atoms with E-state index in [-0.39, 0.29) is 5.82 Å². The molecule has 3 rings (SSSR count). The Morgan fingerprint density at radius 2 is 1.94 bits per heavy atom. The van der Waals surface area contributed by atoms with Gasteiger partial charge in [-0.25, -0.2) is 14.4 Å². The van der Waals surface area contributed by atoms with Gasteiger partial charge in [0.25, 0.3) is 0 Å². The molecule has 5 heteroatoms. The van der Waals surface area contributed by atoms with Gasteiger partial charge in [-0.05, 0) is 47.1 Å². The van der Waals surface area contributed by atoms with Crippen molar-refractivity contribution < 1.29 is 4.39 Å². The SMILES string of the molecule is Cc1nc2ncc(Br)cn2c1-c1ccc(F)cc1. The zero-order chi connectivity index (χ0) is 12.7. The molecule has 0 aliphatic carbocycles. The first-order valence-electron chi connectivity index (χ1n) is 5.41. The van der Waals surface area contributed by atoms with Crippen LogP contribution in [0.3, 0.4) is 0 Å². The Morgan fingerprint density at radius 1 is 1.22 bits per heavy atom. The van der Waals surface area contributed by atoms with Crippen LogP contribution in [0.25, 0.3) is 17.0 Å². The number of nitrogens with zero attached hydrogens (tertiary/aromatic N) is 3. The molecule has 0 spiro atoms. The van der Waals surface area contributed by atoms with Crippen molar-refractivity contribution in [2.75, 3.05) is 0 Å². The number of aryl methyl sites for hydroxylation is 1. The second kappa shape index (κ2) is 4.17. The molecule has 0 saturated carbocycles. The quantitative estimate of drug-likeness (QED) is 0.687. The predicted molar refractivity (Wildman–Crippen MR) is 70.8 cm³/mol. The molecular weight excluding hydrogens is 297 g/mol. The zero-order valence-electron chi connectivity index (χ0n) is 9.56. The van der Waals surface area contributed by atoms with E-state index in [0.717, 1.165) is 21.4 Å². The first-order chi connectivity index (χ1) is 8.65. The van der Waals surface area contributed by atoms with Crippen LogP contribution < -0.4 is 0 Å². The molecular formula is C13H9BrFN3. The summed E-state index contributed by atoms with van der Waals surface area (Å²) in [5.41, 5.74) is 2.72. The molecule has 2 aromatic heterocycles. The lowest BCUT2D eigenvalue weighted by Gasteiger charge is -2.03. The number of aromatic nitrogens is 3. The highest BCUT2D eigenvalue weighted by atomic mass is 79.9. The number of rotatable bonds is 1. The van der Waals surface area contributed by atoms with E-state index in [0.29, 0.717) is 5.78 Å². The normalized spacial score (nSPS) is 11.1. The molecule has 0 aliphatic heterocycles. The maximum atomic E-state index is 13.0. The van der Waals surface area contributed by atoms with Crippen LogP contribution >= 0.6 is 15.9 Å². The molecule has 18 heavy (non-hydrogen) atoms. The molecule has 0 radical (unpaired) electrons. The zero-order valence-corrected chi connectivity index (χ0v) is 11.1. The van der Waals surface area contributed by atoms with Crippen molar-refractivity contribution >= 4 is 21.7 Å². The lowest BCUT2D eigenvalue weighted by Crippen LogP contribution is -1.91. The van der Waals surface area contributed by atoms with Crippen LogP contribution in [0.1, 0.15) is 5.69 Å². The minimum absolute atomic E-state index is 0.246. The fourth-order valence-corrected chi connectivity index (χ4v) is 2.28. The predicted octanol–water partition coefficient (Wildman–Crippen LogP) is 3.61. The highest BCUT2D eigenvalue weighted by Crippen LogP contribution is 2.25. The molecule has 3 nitrogen and oxygen atoms in total. The minimum Gasteiger partial charge on any atom is -0.282 e. The molecule has 90 valence electrons. The minimum atomic E-state index is -0.246. The third kappa shape index (κ3) is 1.80. The Hall–Kier alpha value is -1.75. The van der Waals surface area contributed by atoms with Crippen molar-refractivity contribution in [1.82, 2.24) is 14.4 Å². The molecule has 0 bridgehead atoms. The van der Waals surface area contributed by atoms with Crippen molar-refractivity contribution in [3.8, 4) is 11.3 Å². The summed E-state index contributed by atoms with van der Waals surface area (Å²) in [5, 5.41) is 0. The Bertz CT molecular complexity index is 719. The van der Waals surface area contributed by atoms with Crippen LogP contribution in [0, 0.1) is 12.7 Å². The Labute approximate surface area is 111 Å². The monoisotopic (exact) mass is 305 g/mol. The second-order valence-electron chi connectivity index (χ2n) is 3.99. The Kier molecular flexibility index (Phi) is 2.63. The summed E-state index contributed by atoms with van der Waals surface area (Å²) < 4.78 is 15.7. The maximum absolute atomic E-state index is 13.0. The van der Waals surface area contributed by atoms with E-state index in [1.807, 2.05) is 17.5 Å². The lowest BCUT2D eigenvalue weighted by molar-refractivity contribution is 0.628. The summed E-state index contributed by atoms with van der Waals surface area (Å²) in [4.78, 5) is 8.63. The second-order valence-corrected chi connectivity index (χ2v) is 4.91. The van der Waals surface area contributed by atoms with E-state index in [1.165, 1.54) is 12.1 Å². The van der Waals surface area contributed by atoms with Gasteiger partial charge in [0, 0.05) is 18.0 Å². The molecule has 1 aromatic carbocycles. The van der Waals surface area contributed by atoms with Gasteiger partial charge in [0.2, 0.25) is 5.78 Å². The van der Waals surface area contributed by atoms with Gasteiger partial charge >= 0.3 is 0 Å². The molecule has 0 amide bonds. The number of hydrogen-bond acceptors (Lipinski definition) is 2. The third-order valence-electron chi connectivity index (χ3n) is 2.74. The van der Waals surface area contributed by atoms with E-state index in [9.17, 15) is 4.39 Å². The topological polar surface area (TPSA) is 30.2 Å². The molecule has 3 aromatic rings. The highest BCUT2D eigenvalue weighted by molar-refractivity contribution is 9.10. The Morgan fingerprint density at radius 3 is 2.67 bits per heavy atom. The van der Waals surface area contributed by atoms with Crippen molar-refractivity contribution in [3.05, 3.63) is 52.6 Å². The van der Waals surface area contributed by atoms with E-state index in [2.05, 4.69) is 25.9 Å². The van der Waals surface area contributed by atoms with Crippen LogP contribution in [0.15, 0.2) is 41.1 Å². The number of halogens is 2. The summed E-state index contributed by atoms with van der Waals surface area (Å²) in [6.45, 7) is 1.92. The summed E-state index contributed by atoms with van der Waals surface area (Å²) >= 11 is 3.39. The van der Waals surface area contributed by atoms with Gasteiger partial charge in [0.15, 0.2) is 0 Å². The summed E-state index contributed by atoms with van der Waals surface area (Å²) in [7, 11) is 0. The highest BCUT2D eigenvalue weighted by Gasteiger charge is 2.11. The average Bonchev–Trinajstić information content (AvgIpc) is 2.66. The van der Waals surface area contributed by atoms with E-state index >= 15 is 0 Å². The smallest absolute Gasteiger partial charge is 0.234 e. The van der Waals surface area contributed by atoms with Gasteiger partial charge in [-0.15, -0.1) is 0 Å². The standard InChI is InChI=1S/C13H9BrFN3/c1-8-12(9-2-4-11(15)5-3-9)18-7-10(14)6-16-13(18)17-8/h2-7H,1H3. The molecule has 0 N–H and O–H groups in total. The molecule has 0 fully saturated rings. The lowest BCUT2D eigenvalue weighted by atomic mass is 10.1. The molecule has 0 unspecified atom stereocenters. The van der Waals surface area contributed by atoms with E-state index in [1.54, 1.807) is 18.3 Å². The molecule has 0 saturated heterocycles. The van der Waals surface area contributed by atoms with E-state index in [4.69, 9.17) is 0 Å². The van der Waals surface area contributed by atoms with Gasteiger partial charge in [0.05, 0.1) is 15.9 Å². The largest absolute Gasteiger partial charge is 0.282 e. The Balaban J connectivity index is 2.30. The average molecular weight is 306 g/mol. The molecule has 2 heterocycles. The summed E-state index contributed by atoms with van der Waals surface area (Å²) in [5.74, 6) is 0.388. The first kappa shape index (κ1) is 11.3. The van der Waals surface area contributed by atoms with Gasteiger partial charge in [-0.3, -0.25) is 4.40 Å². The fraction of sp³-hybridized carbons (Fsp3) is 0.0769. The number of benzene rings is 1. The summed E-state index contributed by atoms with van der Waals surface area (Å²) in [6, 6.07) is 6.37.